The highest BCUT2D eigenvalue weighted by molar-refractivity contribution is 5.78. The van der Waals surface area contributed by atoms with Crippen LogP contribution in [0, 0.1) is 0 Å². The van der Waals surface area contributed by atoms with Gasteiger partial charge in [-0.05, 0) is 24.1 Å². The highest BCUT2D eigenvalue weighted by Crippen LogP contribution is 2.07. The van der Waals surface area contributed by atoms with Gasteiger partial charge in [0, 0.05) is 12.1 Å². The Labute approximate surface area is 104 Å². The predicted octanol–water partition coefficient (Wildman–Crippen LogP) is -0.237. The summed E-state index contributed by atoms with van der Waals surface area (Å²) in [5.74, 6) is -1.65. The lowest BCUT2D eigenvalue weighted by Crippen LogP contribution is -2.36. The Hall–Kier alpha value is -2.08. The lowest BCUT2D eigenvalue weighted by atomic mass is 10.1. The number of carbonyl (C=O) groups is 2. The van der Waals surface area contributed by atoms with Crippen LogP contribution in [0.15, 0.2) is 24.3 Å². The highest BCUT2D eigenvalue weighted by atomic mass is 16.4. The van der Waals surface area contributed by atoms with Crippen molar-refractivity contribution in [3.8, 4) is 0 Å². The first-order chi connectivity index (χ1) is 8.49. The molecule has 0 heterocycles. The molecular weight excluding hydrogens is 236 g/mol. The molecule has 0 unspecified atom stereocenters. The first-order valence-electron chi connectivity index (χ1n) is 5.51. The lowest BCUT2D eigenvalue weighted by molar-refractivity contribution is -0.146. The van der Waals surface area contributed by atoms with E-state index in [1.165, 1.54) is 0 Å². The quantitative estimate of drug-likeness (QED) is 0.522. The number of hydrogen-bond donors (Lipinski definition) is 4. The summed E-state index contributed by atoms with van der Waals surface area (Å²) < 4.78 is 0. The minimum Gasteiger partial charge on any atom is -0.479 e. The van der Waals surface area contributed by atoms with E-state index in [9.17, 15) is 9.59 Å². The third kappa shape index (κ3) is 4.84. The molecule has 0 aromatic heterocycles. The summed E-state index contributed by atoms with van der Waals surface area (Å²) in [4.78, 5) is 21.7. The smallest absolute Gasteiger partial charge is 0.334 e. The normalized spacial score (nSPS) is 11.8. The standard InChI is InChI=1S/C12H16N2O4/c13-9-4-1-8(2-5-9)3-6-11(16)14-7-10(15)12(17)18/h1-2,4-5,10,15H,3,6-7,13H2,(H,14,16)(H,17,18)/t10-/m0/s1. The fourth-order valence-electron chi connectivity index (χ4n) is 1.33. The first kappa shape index (κ1) is 14.0. The molecule has 1 rings (SSSR count). The number of aliphatic hydroxyl groups excluding tert-OH is 1. The fourth-order valence-corrected chi connectivity index (χ4v) is 1.33. The van der Waals surface area contributed by atoms with Crippen LogP contribution in [0.1, 0.15) is 12.0 Å². The van der Waals surface area contributed by atoms with E-state index in [0.29, 0.717) is 12.1 Å². The molecule has 1 aromatic carbocycles. The SMILES string of the molecule is Nc1ccc(CCC(=O)NC[C@H](O)C(=O)O)cc1. The number of aliphatic hydroxyl groups is 1. The largest absolute Gasteiger partial charge is 0.479 e. The molecule has 0 saturated heterocycles. The second-order valence-corrected chi connectivity index (χ2v) is 3.90. The van der Waals surface area contributed by atoms with Gasteiger partial charge in [-0.2, -0.15) is 0 Å². The maximum atomic E-state index is 11.4. The summed E-state index contributed by atoms with van der Waals surface area (Å²) in [5, 5.41) is 19.7. The molecule has 18 heavy (non-hydrogen) atoms. The molecule has 6 nitrogen and oxygen atoms in total. The predicted molar refractivity (Wildman–Crippen MR) is 65.8 cm³/mol. The summed E-state index contributed by atoms with van der Waals surface area (Å²) in [6.45, 7) is -0.282. The number of benzene rings is 1. The van der Waals surface area contributed by atoms with Crippen molar-refractivity contribution in [3.63, 3.8) is 0 Å². The van der Waals surface area contributed by atoms with E-state index < -0.39 is 12.1 Å². The van der Waals surface area contributed by atoms with Gasteiger partial charge in [0.1, 0.15) is 0 Å². The van der Waals surface area contributed by atoms with E-state index in [1.54, 1.807) is 12.1 Å². The molecule has 1 aromatic rings. The number of aliphatic carboxylic acids is 1. The zero-order valence-electron chi connectivity index (χ0n) is 9.80. The van der Waals surface area contributed by atoms with E-state index in [1.807, 2.05) is 12.1 Å². The Bertz CT molecular complexity index is 417. The van der Waals surface area contributed by atoms with E-state index in [2.05, 4.69) is 5.32 Å². The molecule has 5 N–H and O–H groups in total. The van der Waals surface area contributed by atoms with Crippen LogP contribution in [0.4, 0.5) is 5.69 Å². The Balaban J connectivity index is 2.29. The summed E-state index contributed by atoms with van der Waals surface area (Å²) >= 11 is 0. The zero-order valence-corrected chi connectivity index (χ0v) is 9.80. The number of hydrogen-bond acceptors (Lipinski definition) is 4. The van der Waals surface area contributed by atoms with Crippen LogP contribution in [0.3, 0.4) is 0 Å². The van der Waals surface area contributed by atoms with Crippen molar-refractivity contribution in [2.45, 2.75) is 18.9 Å². The number of carboxylic acids is 1. The molecule has 0 spiro atoms. The van der Waals surface area contributed by atoms with Gasteiger partial charge in [-0.25, -0.2) is 4.79 Å². The van der Waals surface area contributed by atoms with E-state index in [-0.39, 0.29) is 18.9 Å². The van der Waals surface area contributed by atoms with E-state index in [0.717, 1.165) is 5.56 Å². The maximum Gasteiger partial charge on any atom is 0.334 e. The average Bonchev–Trinajstić information content (AvgIpc) is 2.35. The highest BCUT2D eigenvalue weighted by Gasteiger charge is 2.13. The number of nitrogens with two attached hydrogens (primary N) is 1. The molecule has 0 bridgehead atoms. The molecular formula is C12H16N2O4. The molecule has 1 atom stereocenters. The van der Waals surface area contributed by atoms with Crippen molar-refractivity contribution in [1.29, 1.82) is 0 Å². The van der Waals surface area contributed by atoms with Gasteiger partial charge in [0.15, 0.2) is 6.10 Å². The second-order valence-electron chi connectivity index (χ2n) is 3.90. The molecule has 0 saturated carbocycles. The first-order valence-corrected chi connectivity index (χ1v) is 5.51. The van der Waals surface area contributed by atoms with E-state index in [4.69, 9.17) is 15.9 Å². The van der Waals surface area contributed by atoms with Crippen LogP contribution in [0.25, 0.3) is 0 Å². The zero-order chi connectivity index (χ0) is 13.5. The van der Waals surface area contributed by atoms with Gasteiger partial charge in [0.05, 0.1) is 6.54 Å². The summed E-state index contributed by atoms with van der Waals surface area (Å²) in [6.07, 6.45) is -0.795. The summed E-state index contributed by atoms with van der Waals surface area (Å²) in [7, 11) is 0. The maximum absolute atomic E-state index is 11.4. The molecule has 0 radical (unpaired) electrons. The summed E-state index contributed by atoms with van der Waals surface area (Å²) in [6, 6.07) is 7.16. The van der Waals surface area contributed by atoms with Crippen molar-refractivity contribution in [1.82, 2.24) is 5.32 Å². The number of anilines is 1. The fraction of sp³-hybridized carbons (Fsp3) is 0.333. The van der Waals surface area contributed by atoms with Crippen LogP contribution in [0.2, 0.25) is 0 Å². The number of amides is 1. The third-order valence-electron chi connectivity index (χ3n) is 2.40. The van der Waals surface area contributed by atoms with Crippen LogP contribution in [-0.4, -0.2) is 34.7 Å². The number of carboxylic acid groups (broad SMARTS) is 1. The van der Waals surface area contributed by atoms with E-state index >= 15 is 0 Å². The number of nitrogen functional groups attached to an aromatic ring is 1. The van der Waals surface area contributed by atoms with Crippen molar-refractivity contribution in [2.24, 2.45) is 0 Å². The minimum absolute atomic E-state index is 0.232. The Kier molecular flexibility index (Phi) is 5.13. The van der Waals surface area contributed by atoms with Gasteiger partial charge in [0.25, 0.3) is 0 Å². The minimum atomic E-state index is -1.56. The Morgan fingerprint density at radius 3 is 2.44 bits per heavy atom. The van der Waals surface area contributed by atoms with Crippen molar-refractivity contribution >= 4 is 17.6 Å². The number of rotatable bonds is 6. The lowest BCUT2D eigenvalue weighted by Gasteiger charge is -2.07. The van der Waals surface area contributed by atoms with Crippen LogP contribution in [0.5, 0.6) is 0 Å². The topological polar surface area (TPSA) is 113 Å². The molecule has 6 heteroatoms. The molecule has 98 valence electrons. The van der Waals surface area contributed by atoms with Gasteiger partial charge in [0.2, 0.25) is 5.91 Å². The number of aryl methyl sites for hydroxylation is 1. The van der Waals surface area contributed by atoms with Gasteiger partial charge in [-0.3, -0.25) is 4.79 Å². The molecule has 0 aliphatic heterocycles. The van der Waals surface area contributed by atoms with Crippen molar-refractivity contribution < 1.29 is 19.8 Å². The van der Waals surface area contributed by atoms with Crippen LogP contribution < -0.4 is 11.1 Å². The van der Waals surface area contributed by atoms with Gasteiger partial charge >= 0.3 is 5.97 Å². The Morgan fingerprint density at radius 2 is 1.89 bits per heavy atom. The van der Waals surface area contributed by atoms with Crippen LogP contribution in [-0.2, 0) is 16.0 Å². The second kappa shape index (κ2) is 6.61. The van der Waals surface area contributed by atoms with Gasteiger partial charge in [-0.1, -0.05) is 12.1 Å². The Morgan fingerprint density at radius 1 is 1.28 bits per heavy atom. The molecule has 0 aliphatic carbocycles. The van der Waals surface area contributed by atoms with Gasteiger partial charge in [-0.15, -0.1) is 0 Å². The third-order valence-corrected chi connectivity index (χ3v) is 2.40. The monoisotopic (exact) mass is 252 g/mol. The molecule has 0 aliphatic rings. The average molecular weight is 252 g/mol. The van der Waals surface area contributed by atoms with Gasteiger partial charge < -0.3 is 21.3 Å². The molecule has 0 fully saturated rings. The van der Waals surface area contributed by atoms with Crippen molar-refractivity contribution in [3.05, 3.63) is 29.8 Å². The number of carbonyl (C=O) groups excluding carboxylic acids is 1. The summed E-state index contributed by atoms with van der Waals surface area (Å²) in [5.41, 5.74) is 7.16. The number of nitrogens with one attached hydrogen (secondary N) is 1. The van der Waals surface area contributed by atoms with Crippen molar-refractivity contribution in [2.75, 3.05) is 12.3 Å². The molecule has 1 amide bonds. The van der Waals surface area contributed by atoms with Crippen LogP contribution >= 0.6 is 0 Å².